The second kappa shape index (κ2) is 5.69. The lowest BCUT2D eigenvalue weighted by molar-refractivity contribution is 0.0527. The minimum Gasteiger partial charge on any atom is -0.462 e. The van der Waals surface area contributed by atoms with Crippen LogP contribution in [-0.2, 0) is 4.74 Å². The number of esters is 1. The standard InChI is InChI=1S/C10H14N4O2/c1-4-6-12-14-9(11-3)8(7-13-14)10(15)16-5-2/h4,6-7,12H,3,5H2,1-2H3/b6-4-. The number of hydrogen-bond acceptors (Lipinski definition) is 5. The van der Waals surface area contributed by atoms with Gasteiger partial charge < -0.3 is 4.74 Å². The van der Waals surface area contributed by atoms with Crippen LogP contribution >= 0.6 is 0 Å². The molecule has 0 bridgehead atoms. The molecule has 0 aliphatic carbocycles. The highest BCUT2D eigenvalue weighted by atomic mass is 16.5. The van der Waals surface area contributed by atoms with E-state index in [0.29, 0.717) is 12.4 Å². The van der Waals surface area contributed by atoms with Crippen LogP contribution in [0.2, 0.25) is 0 Å². The molecular weight excluding hydrogens is 208 g/mol. The molecule has 6 heteroatoms. The molecule has 1 rings (SSSR count). The summed E-state index contributed by atoms with van der Waals surface area (Å²) >= 11 is 0. The van der Waals surface area contributed by atoms with E-state index in [-0.39, 0.29) is 5.56 Å². The lowest BCUT2D eigenvalue weighted by Crippen LogP contribution is -2.10. The zero-order valence-corrected chi connectivity index (χ0v) is 9.30. The number of allylic oxidation sites excluding steroid dienone is 1. The third kappa shape index (κ3) is 2.47. The van der Waals surface area contributed by atoms with Gasteiger partial charge in [-0.2, -0.15) is 9.89 Å². The van der Waals surface area contributed by atoms with Gasteiger partial charge in [0.15, 0.2) is 5.82 Å². The van der Waals surface area contributed by atoms with Gasteiger partial charge in [0.05, 0.1) is 12.8 Å². The molecule has 0 amide bonds. The smallest absolute Gasteiger partial charge is 0.343 e. The minimum atomic E-state index is -0.460. The molecule has 0 aromatic carbocycles. The summed E-state index contributed by atoms with van der Waals surface area (Å²) < 4.78 is 4.86. The summed E-state index contributed by atoms with van der Waals surface area (Å²) in [5, 5.41) is 3.95. The second-order valence-electron chi connectivity index (χ2n) is 2.80. The van der Waals surface area contributed by atoms with E-state index in [0.717, 1.165) is 0 Å². The molecule has 0 aliphatic heterocycles. The summed E-state index contributed by atoms with van der Waals surface area (Å²) in [6, 6.07) is 0. The van der Waals surface area contributed by atoms with Crippen molar-refractivity contribution in [3.05, 3.63) is 24.0 Å². The van der Waals surface area contributed by atoms with Crippen molar-refractivity contribution in [1.29, 1.82) is 0 Å². The Bertz CT molecular complexity index is 409. The second-order valence-corrected chi connectivity index (χ2v) is 2.80. The van der Waals surface area contributed by atoms with Crippen LogP contribution in [0.4, 0.5) is 5.82 Å². The number of carbonyl (C=O) groups excluding carboxylic acids is 1. The molecule has 16 heavy (non-hydrogen) atoms. The molecular formula is C10H14N4O2. The van der Waals surface area contributed by atoms with Crippen molar-refractivity contribution in [2.24, 2.45) is 4.99 Å². The van der Waals surface area contributed by atoms with Crippen LogP contribution in [0.3, 0.4) is 0 Å². The fourth-order valence-corrected chi connectivity index (χ4v) is 1.09. The Morgan fingerprint density at radius 1 is 1.81 bits per heavy atom. The van der Waals surface area contributed by atoms with E-state index >= 15 is 0 Å². The highest BCUT2D eigenvalue weighted by Gasteiger charge is 2.17. The Hall–Kier alpha value is -2.11. The SMILES string of the molecule is C=Nc1c(C(=O)OCC)cnn1N/C=C\C. The molecule has 0 spiro atoms. The highest BCUT2D eigenvalue weighted by molar-refractivity contribution is 5.94. The van der Waals surface area contributed by atoms with Crippen molar-refractivity contribution in [3.8, 4) is 0 Å². The zero-order valence-electron chi connectivity index (χ0n) is 9.30. The fourth-order valence-electron chi connectivity index (χ4n) is 1.09. The predicted octanol–water partition coefficient (Wildman–Crippen LogP) is 1.47. The normalized spacial score (nSPS) is 10.4. The van der Waals surface area contributed by atoms with E-state index in [1.807, 2.05) is 6.92 Å². The molecule has 0 saturated heterocycles. The lowest BCUT2D eigenvalue weighted by atomic mass is 10.3. The Kier molecular flexibility index (Phi) is 4.26. The van der Waals surface area contributed by atoms with E-state index in [4.69, 9.17) is 4.74 Å². The first-order valence-electron chi connectivity index (χ1n) is 4.84. The summed E-state index contributed by atoms with van der Waals surface area (Å²) in [6.07, 6.45) is 4.84. The summed E-state index contributed by atoms with van der Waals surface area (Å²) in [7, 11) is 0. The number of aliphatic imine (C=N–C) groups is 1. The maximum Gasteiger partial charge on any atom is 0.343 e. The maximum absolute atomic E-state index is 11.5. The molecule has 1 N–H and O–H groups in total. The number of hydrogen-bond donors (Lipinski definition) is 1. The average Bonchev–Trinajstić information content (AvgIpc) is 2.69. The molecule has 0 fully saturated rings. The Balaban J connectivity index is 2.98. The molecule has 1 aromatic heterocycles. The van der Waals surface area contributed by atoms with E-state index < -0.39 is 5.97 Å². The van der Waals surface area contributed by atoms with Gasteiger partial charge in [0.2, 0.25) is 0 Å². The third-order valence-electron chi connectivity index (χ3n) is 1.75. The van der Waals surface area contributed by atoms with Crippen molar-refractivity contribution in [2.75, 3.05) is 12.0 Å². The fraction of sp³-hybridized carbons (Fsp3) is 0.300. The van der Waals surface area contributed by atoms with Gasteiger partial charge in [-0.25, -0.2) is 9.79 Å². The van der Waals surface area contributed by atoms with Gasteiger partial charge >= 0.3 is 5.97 Å². The maximum atomic E-state index is 11.5. The van der Waals surface area contributed by atoms with Crippen LogP contribution in [0, 0.1) is 0 Å². The van der Waals surface area contributed by atoms with Crippen molar-refractivity contribution in [1.82, 2.24) is 9.89 Å². The highest BCUT2D eigenvalue weighted by Crippen LogP contribution is 2.17. The summed E-state index contributed by atoms with van der Waals surface area (Å²) in [5.41, 5.74) is 3.10. The topological polar surface area (TPSA) is 68.5 Å². The molecule has 0 atom stereocenters. The van der Waals surface area contributed by atoms with Gasteiger partial charge in [-0.1, -0.05) is 6.08 Å². The molecule has 1 aromatic rings. The molecule has 1 heterocycles. The molecule has 0 unspecified atom stereocenters. The quantitative estimate of drug-likeness (QED) is 0.605. The Morgan fingerprint density at radius 2 is 2.56 bits per heavy atom. The predicted molar refractivity (Wildman–Crippen MR) is 61.6 cm³/mol. The third-order valence-corrected chi connectivity index (χ3v) is 1.75. The minimum absolute atomic E-state index is 0.286. The van der Waals surface area contributed by atoms with Crippen LogP contribution in [0.5, 0.6) is 0 Å². The van der Waals surface area contributed by atoms with Gasteiger partial charge in [0.1, 0.15) is 5.56 Å². The van der Waals surface area contributed by atoms with Crippen LogP contribution in [0.15, 0.2) is 23.5 Å². The van der Waals surface area contributed by atoms with Crippen LogP contribution in [-0.4, -0.2) is 29.2 Å². The molecule has 6 nitrogen and oxygen atoms in total. The average molecular weight is 222 g/mol. The number of rotatable bonds is 5. The molecule has 0 saturated carbocycles. The van der Waals surface area contributed by atoms with Crippen molar-refractivity contribution < 1.29 is 9.53 Å². The van der Waals surface area contributed by atoms with Crippen LogP contribution < -0.4 is 5.43 Å². The summed E-state index contributed by atoms with van der Waals surface area (Å²) in [5.74, 6) is -0.130. The van der Waals surface area contributed by atoms with Gasteiger partial charge in [0.25, 0.3) is 0 Å². The number of ether oxygens (including phenoxy) is 1. The first kappa shape index (κ1) is 12.0. The number of carbonyl (C=O) groups is 1. The molecule has 0 radical (unpaired) electrons. The van der Waals surface area contributed by atoms with Gasteiger partial charge in [-0.15, -0.1) is 0 Å². The Morgan fingerprint density at radius 3 is 3.12 bits per heavy atom. The van der Waals surface area contributed by atoms with Crippen molar-refractivity contribution >= 4 is 18.5 Å². The van der Waals surface area contributed by atoms with Gasteiger partial charge in [0, 0.05) is 6.20 Å². The van der Waals surface area contributed by atoms with Gasteiger partial charge in [-0.3, -0.25) is 5.43 Å². The van der Waals surface area contributed by atoms with Crippen LogP contribution in [0.1, 0.15) is 24.2 Å². The van der Waals surface area contributed by atoms with Crippen LogP contribution in [0.25, 0.3) is 0 Å². The lowest BCUT2D eigenvalue weighted by Gasteiger charge is -2.03. The largest absolute Gasteiger partial charge is 0.462 e. The Labute approximate surface area is 93.6 Å². The van der Waals surface area contributed by atoms with Crippen molar-refractivity contribution in [2.45, 2.75) is 13.8 Å². The number of nitrogens with one attached hydrogen (secondary N) is 1. The molecule has 86 valence electrons. The summed E-state index contributed by atoms with van der Waals surface area (Å²) in [4.78, 5) is 16.6. The number of nitrogens with zero attached hydrogens (tertiary/aromatic N) is 3. The van der Waals surface area contributed by atoms with E-state index in [1.54, 1.807) is 19.2 Å². The first-order valence-corrected chi connectivity index (χ1v) is 4.84. The number of aromatic nitrogens is 2. The molecule has 0 aliphatic rings. The summed E-state index contributed by atoms with van der Waals surface area (Å²) in [6.45, 7) is 7.29. The monoisotopic (exact) mass is 222 g/mol. The van der Waals surface area contributed by atoms with E-state index in [1.165, 1.54) is 11.0 Å². The van der Waals surface area contributed by atoms with Crippen molar-refractivity contribution in [3.63, 3.8) is 0 Å². The van der Waals surface area contributed by atoms with E-state index in [9.17, 15) is 4.79 Å². The van der Waals surface area contributed by atoms with E-state index in [2.05, 4.69) is 22.2 Å². The first-order chi connectivity index (χ1) is 7.74. The van der Waals surface area contributed by atoms with Gasteiger partial charge in [-0.05, 0) is 20.6 Å². The zero-order chi connectivity index (χ0) is 12.0.